The number of hydrogen-bond donors (Lipinski definition) is 1. The van der Waals surface area contributed by atoms with Crippen molar-refractivity contribution in [3.05, 3.63) is 93.6 Å². The predicted molar refractivity (Wildman–Crippen MR) is 133 cm³/mol. The number of carbonyl (C=O) groups excluding carboxylic acids is 1. The van der Waals surface area contributed by atoms with Crippen molar-refractivity contribution in [3.8, 4) is 17.0 Å². The summed E-state index contributed by atoms with van der Waals surface area (Å²) < 4.78 is 6.83. The maximum Gasteiger partial charge on any atom is 0.256 e. The van der Waals surface area contributed by atoms with E-state index in [1.165, 1.54) is 0 Å². The number of aromatic nitrogens is 1. The normalized spacial score (nSPS) is 11.8. The number of amides is 1. The van der Waals surface area contributed by atoms with Crippen molar-refractivity contribution in [1.82, 2.24) is 10.3 Å². The van der Waals surface area contributed by atoms with Gasteiger partial charge in [0.2, 0.25) is 0 Å². The molecule has 0 aliphatic carbocycles. The first-order chi connectivity index (χ1) is 15.1. The van der Waals surface area contributed by atoms with Gasteiger partial charge in [0.25, 0.3) is 5.91 Å². The van der Waals surface area contributed by atoms with Crippen LogP contribution in [0.5, 0.6) is 5.75 Å². The van der Waals surface area contributed by atoms with Crippen molar-refractivity contribution < 1.29 is 9.53 Å². The molecule has 0 radical (unpaired) electrons. The van der Waals surface area contributed by atoms with Gasteiger partial charge in [-0.1, -0.05) is 67.6 Å². The standard InChI is InChI=1S/C26H23IN2O2/c1-3-21(17-10-6-4-7-11-17)29-26(30)23-20-16-19(27)14-15-22(20)28-24(25(23)31-2)18-12-8-5-9-13-18/h4-16,21H,3H2,1-2H3,(H,29,30)/t21-/m0/s1. The number of carbonyl (C=O) groups is 1. The highest BCUT2D eigenvalue weighted by molar-refractivity contribution is 14.1. The largest absolute Gasteiger partial charge is 0.494 e. The summed E-state index contributed by atoms with van der Waals surface area (Å²) in [7, 11) is 1.59. The molecule has 0 bridgehead atoms. The average Bonchev–Trinajstić information content (AvgIpc) is 2.82. The smallest absolute Gasteiger partial charge is 0.256 e. The summed E-state index contributed by atoms with van der Waals surface area (Å²) in [6.07, 6.45) is 0.782. The third kappa shape index (κ3) is 4.42. The molecule has 4 rings (SSSR count). The van der Waals surface area contributed by atoms with Gasteiger partial charge in [-0.15, -0.1) is 0 Å². The zero-order valence-corrected chi connectivity index (χ0v) is 19.6. The highest BCUT2D eigenvalue weighted by atomic mass is 127. The molecule has 4 nitrogen and oxygen atoms in total. The number of ether oxygens (including phenoxy) is 1. The van der Waals surface area contributed by atoms with Crippen molar-refractivity contribution >= 4 is 39.4 Å². The van der Waals surface area contributed by atoms with Gasteiger partial charge in [-0.3, -0.25) is 4.79 Å². The molecular weight excluding hydrogens is 499 g/mol. The lowest BCUT2D eigenvalue weighted by atomic mass is 10.00. The number of fused-ring (bicyclic) bond motifs is 1. The molecule has 4 aromatic rings. The Balaban J connectivity index is 1.88. The van der Waals surface area contributed by atoms with Gasteiger partial charge in [-0.2, -0.15) is 0 Å². The second-order valence-corrected chi connectivity index (χ2v) is 8.49. The number of benzene rings is 3. The average molecular weight is 522 g/mol. The number of pyridine rings is 1. The van der Waals surface area contributed by atoms with E-state index in [2.05, 4.69) is 34.8 Å². The quantitative estimate of drug-likeness (QED) is 0.299. The number of rotatable bonds is 6. The van der Waals surface area contributed by atoms with Crippen LogP contribution in [-0.4, -0.2) is 18.0 Å². The highest BCUT2D eigenvalue weighted by Crippen LogP contribution is 2.37. The minimum Gasteiger partial charge on any atom is -0.494 e. The minimum atomic E-state index is -0.167. The van der Waals surface area contributed by atoms with Gasteiger partial charge in [0.1, 0.15) is 5.69 Å². The molecule has 156 valence electrons. The van der Waals surface area contributed by atoms with E-state index < -0.39 is 0 Å². The molecule has 1 N–H and O–H groups in total. The molecule has 5 heteroatoms. The first kappa shape index (κ1) is 21.3. The van der Waals surface area contributed by atoms with Crippen LogP contribution in [0.1, 0.15) is 35.3 Å². The molecule has 3 aromatic carbocycles. The van der Waals surface area contributed by atoms with E-state index in [-0.39, 0.29) is 11.9 Å². The van der Waals surface area contributed by atoms with Crippen LogP contribution < -0.4 is 10.1 Å². The summed E-state index contributed by atoms with van der Waals surface area (Å²) in [5.41, 5.74) is 3.92. The molecule has 0 saturated carbocycles. The van der Waals surface area contributed by atoms with Crippen molar-refractivity contribution in [2.45, 2.75) is 19.4 Å². The Morgan fingerprint density at radius 3 is 2.35 bits per heavy atom. The second kappa shape index (κ2) is 9.47. The topological polar surface area (TPSA) is 51.2 Å². The Kier molecular flexibility index (Phi) is 6.51. The van der Waals surface area contributed by atoms with Crippen LogP contribution in [0.4, 0.5) is 0 Å². The number of nitrogens with one attached hydrogen (secondary N) is 1. The Labute approximate surface area is 195 Å². The van der Waals surface area contributed by atoms with Gasteiger partial charge in [0.15, 0.2) is 5.75 Å². The van der Waals surface area contributed by atoms with Gasteiger partial charge in [-0.05, 0) is 52.8 Å². The maximum absolute atomic E-state index is 13.7. The molecule has 1 aromatic heterocycles. The SMILES string of the molecule is CC[C@H](NC(=O)c1c(OC)c(-c2ccccc2)nc2ccc(I)cc12)c1ccccc1. The Morgan fingerprint density at radius 1 is 1.03 bits per heavy atom. The lowest BCUT2D eigenvalue weighted by molar-refractivity contribution is 0.0934. The Bertz CT molecular complexity index is 1210. The van der Waals surface area contributed by atoms with Crippen LogP contribution in [0.3, 0.4) is 0 Å². The fourth-order valence-corrected chi connectivity index (χ4v) is 4.26. The Morgan fingerprint density at radius 2 is 1.71 bits per heavy atom. The van der Waals surface area contributed by atoms with E-state index >= 15 is 0 Å². The van der Waals surface area contributed by atoms with E-state index in [9.17, 15) is 4.79 Å². The van der Waals surface area contributed by atoms with Crippen LogP contribution in [0.15, 0.2) is 78.9 Å². The van der Waals surface area contributed by atoms with Gasteiger partial charge in [-0.25, -0.2) is 4.98 Å². The molecule has 0 aliphatic heterocycles. The molecule has 0 saturated heterocycles. The summed E-state index contributed by atoms with van der Waals surface area (Å²) >= 11 is 2.25. The molecular formula is C26H23IN2O2. The fraction of sp³-hybridized carbons (Fsp3) is 0.154. The summed E-state index contributed by atoms with van der Waals surface area (Å²) in [4.78, 5) is 18.5. The Hall–Kier alpha value is -2.93. The molecule has 1 amide bonds. The van der Waals surface area contributed by atoms with E-state index in [0.717, 1.165) is 32.0 Å². The molecule has 1 heterocycles. The van der Waals surface area contributed by atoms with E-state index in [1.54, 1.807) is 7.11 Å². The van der Waals surface area contributed by atoms with Crippen molar-refractivity contribution in [2.24, 2.45) is 0 Å². The van der Waals surface area contributed by atoms with E-state index in [1.807, 2.05) is 78.9 Å². The van der Waals surface area contributed by atoms with Crippen LogP contribution in [-0.2, 0) is 0 Å². The van der Waals surface area contributed by atoms with Gasteiger partial charge >= 0.3 is 0 Å². The summed E-state index contributed by atoms with van der Waals surface area (Å²) in [6.45, 7) is 2.07. The van der Waals surface area contributed by atoms with Crippen LogP contribution in [0.2, 0.25) is 0 Å². The van der Waals surface area contributed by atoms with Crippen molar-refractivity contribution in [2.75, 3.05) is 7.11 Å². The summed E-state index contributed by atoms with van der Waals surface area (Å²) in [6, 6.07) is 25.7. The molecule has 31 heavy (non-hydrogen) atoms. The second-order valence-electron chi connectivity index (χ2n) is 7.24. The third-order valence-corrected chi connectivity index (χ3v) is 5.97. The van der Waals surface area contributed by atoms with Crippen molar-refractivity contribution in [1.29, 1.82) is 0 Å². The van der Waals surface area contributed by atoms with Gasteiger partial charge < -0.3 is 10.1 Å². The maximum atomic E-state index is 13.7. The number of halogens is 1. The predicted octanol–water partition coefficient (Wildman–Crippen LogP) is 6.40. The lowest BCUT2D eigenvalue weighted by Crippen LogP contribution is -2.29. The number of hydrogen-bond acceptors (Lipinski definition) is 3. The zero-order chi connectivity index (χ0) is 21.8. The zero-order valence-electron chi connectivity index (χ0n) is 17.4. The van der Waals surface area contributed by atoms with Gasteiger partial charge in [0, 0.05) is 14.5 Å². The van der Waals surface area contributed by atoms with Gasteiger partial charge in [0.05, 0.1) is 24.2 Å². The minimum absolute atomic E-state index is 0.0930. The first-order valence-electron chi connectivity index (χ1n) is 10.2. The molecule has 1 atom stereocenters. The molecule has 0 fully saturated rings. The number of nitrogens with zero attached hydrogens (tertiary/aromatic N) is 1. The molecule has 0 spiro atoms. The third-order valence-electron chi connectivity index (χ3n) is 5.30. The first-order valence-corrected chi connectivity index (χ1v) is 11.3. The molecule has 0 unspecified atom stereocenters. The monoisotopic (exact) mass is 522 g/mol. The molecule has 0 aliphatic rings. The summed E-state index contributed by atoms with van der Waals surface area (Å²) in [5, 5.41) is 4.00. The number of methoxy groups -OCH3 is 1. The van der Waals surface area contributed by atoms with E-state index in [0.29, 0.717) is 17.0 Å². The van der Waals surface area contributed by atoms with Crippen molar-refractivity contribution in [3.63, 3.8) is 0 Å². The fourth-order valence-electron chi connectivity index (χ4n) is 3.77. The van der Waals surface area contributed by atoms with Crippen LogP contribution in [0, 0.1) is 3.57 Å². The summed E-state index contributed by atoms with van der Waals surface area (Å²) in [5.74, 6) is 0.320. The van der Waals surface area contributed by atoms with Crippen LogP contribution in [0.25, 0.3) is 22.2 Å². The van der Waals surface area contributed by atoms with E-state index in [4.69, 9.17) is 9.72 Å². The lowest BCUT2D eigenvalue weighted by Gasteiger charge is -2.20. The van der Waals surface area contributed by atoms with Crippen LogP contribution >= 0.6 is 22.6 Å². The highest BCUT2D eigenvalue weighted by Gasteiger charge is 2.24.